The number of esters is 1. The molecule has 2 aromatic rings. The molecule has 7 heteroatoms. The predicted octanol–water partition coefficient (Wildman–Crippen LogP) is 3.23. The van der Waals surface area contributed by atoms with Crippen LogP contribution in [0.2, 0.25) is 0 Å². The molecule has 0 radical (unpaired) electrons. The van der Waals surface area contributed by atoms with Gasteiger partial charge in [0.2, 0.25) is 0 Å². The maximum atomic E-state index is 12.6. The van der Waals surface area contributed by atoms with Crippen molar-refractivity contribution >= 4 is 17.8 Å². The smallest absolute Gasteiger partial charge is 0.329 e. The van der Waals surface area contributed by atoms with Gasteiger partial charge in [-0.05, 0) is 55.5 Å². The van der Waals surface area contributed by atoms with Crippen molar-refractivity contribution in [3.05, 3.63) is 65.7 Å². The van der Waals surface area contributed by atoms with E-state index < -0.39 is 17.9 Å². The van der Waals surface area contributed by atoms with Gasteiger partial charge in [-0.15, -0.1) is 0 Å². The van der Waals surface area contributed by atoms with E-state index in [1.165, 1.54) is 5.56 Å². The summed E-state index contributed by atoms with van der Waals surface area (Å²) in [5.41, 5.74) is 1.59. The zero-order valence-corrected chi connectivity index (χ0v) is 19.4. The number of nitrogens with one attached hydrogen (secondary N) is 2. The van der Waals surface area contributed by atoms with Crippen molar-refractivity contribution in [2.45, 2.75) is 45.1 Å². The predicted molar refractivity (Wildman–Crippen MR) is 125 cm³/mol. The van der Waals surface area contributed by atoms with E-state index in [2.05, 4.69) is 22.8 Å². The number of hydrogen-bond donors (Lipinski definition) is 2. The highest BCUT2D eigenvalue weighted by Crippen LogP contribution is 2.47. The van der Waals surface area contributed by atoms with Gasteiger partial charge in [0.1, 0.15) is 11.8 Å². The van der Waals surface area contributed by atoms with Gasteiger partial charge in [0.25, 0.3) is 11.8 Å². The Kier molecular flexibility index (Phi) is 8.09. The SMILES string of the molecule is CCOc1ccc(C(=O)N[C@H](C(=O)OCC(=O)NCC2(c3ccccc3)CC2)C(C)C)cc1. The summed E-state index contributed by atoms with van der Waals surface area (Å²) in [5.74, 6) is -0.925. The molecule has 2 aromatic carbocycles. The lowest BCUT2D eigenvalue weighted by atomic mass is 9.96. The molecule has 7 nitrogen and oxygen atoms in total. The zero-order chi connectivity index (χ0) is 23.8. The van der Waals surface area contributed by atoms with Crippen LogP contribution >= 0.6 is 0 Å². The number of benzene rings is 2. The van der Waals surface area contributed by atoms with Gasteiger partial charge in [0.05, 0.1) is 6.61 Å². The minimum atomic E-state index is -0.865. The second-order valence-electron chi connectivity index (χ2n) is 8.68. The molecule has 3 rings (SSSR count). The van der Waals surface area contributed by atoms with Gasteiger partial charge < -0.3 is 20.1 Å². The lowest BCUT2D eigenvalue weighted by molar-refractivity contribution is -0.151. The summed E-state index contributed by atoms with van der Waals surface area (Å²) in [6.07, 6.45) is 2.04. The molecule has 2 amide bonds. The van der Waals surface area contributed by atoms with Gasteiger partial charge in [0, 0.05) is 17.5 Å². The number of hydrogen-bond acceptors (Lipinski definition) is 5. The molecule has 2 N–H and O–H groups in total. The summed E-state index contributed by atoms with van der Waals surface area (Å²) >= 11 is 0. The largest absolute Gasteiger partial charge is 0.494 e. The van der Waals surface area contributed by atoms with E-state index in [0.29, 0.717) is 24.5 Å². The fourth-order valence-electron chi connectivity index (χ4n) is 3.65. The second kappa shape index (κ2) is 11.0. The molecule has 1 aliphatic carbocycles. The van der Waals surface area contributed by atoms with Crippen LogP contribution in [-0.2, 0) is 19.7 Å². The highest BCUT2D eigenvalue weighted by Gasteiger charge is 2.44. The van der Waals surface area contributed by atoms with E-state index in [4.69, 9.17) is 9.47 Å². The number of rotatable bonds is 11. The Morgan fingerprint density at radius 2 is 1.67 bits per heavy atom. The van der Waals surface area contributed by atoms with Crippen LogP contribution in [0.5, 0.6) is 5.75 Å². The van der Waals surface area contributed by atoms with Gasteiger partial charge in [-0.3, -0.25) is 9.59 Å². The molecule has 0 bridgehead atoms. The molecule has 1 fully saturated rings. The Bertz CT molecular complexity index is 952. The molecular weight excluding hydrogens is 420 g/mol. The van der Waals surface area contributed by atoms with E-state index in [9.17, 15) is 14.4 Å². The van der Waals surface area contributed by atoms with Crippen LogP contribution in [0.25, 0.3) is 0 Å². The Morgan fingerprint density at radius 3 is 2.24 bits per heavy atom. The lowest BCUT2D eigenvalue weighted by Crippen LogP contribution is -2.46. The van der Waals surface area contributed by atoms with Gasteiger partial charge in [0.15, 0.2) is 6.61 Å². The second-order valence-corrected chi connectivity index (χ2v) is 8.68. The molecule has 176 valence electrons. The third-order valence-electron chi connectivity index (χ3n) is 5.84. The van der Waals surface area contributed by atoms with Gasteiger partial charge >= 0.3 is 5.97 Å². The maximum absolute atomic E-state index is 12.6. The number of ether oxygens (including phenoxy) is 2. The van der Waals surface area contributed by atoms with Crippen LogP contribution in [0.1, 0.15) is 49.5 Å². The summed E-state index contributed by atoms with van der Waals surface area (Å²) in [7, 11) is 0. The molecule has 0 aromatic heterocycles. The lowest BCUT2D eigenvalue weighted by Gasteiger charge is -2.21. The van der Waals surface area contributed by atoms with E-state index in [0.717, 1.165) is 12.8 Å². The molecule has 1 saturated carbocycles. The number of carbonyl (C=O) groups excluding carboxylic acids is 3. The Labute approximate surface area is 194 Å². The molecule has 0 saturated heterocycles. The van der Waals surface area contributed by atoms with Crippen molar-refractivity contribution in [1.82, 2.24) is 10.6 Å². The molecule has 0 aliphatic heterocycles. The van der Waals surface area contributed by atoms with Crippen molar-refractivity contribution in [1.29, 1.82) is 0 Å². The van der Waals surface area contributed by atoms with E-state index in [1.807, 2.05) is 25.1 Å². The summed E-state index contributed by atoms with van der Waals surface area (Å²) in [6.45, 7) is 6.16. The topological polar surface area (TPSA) is 93.7 Å². The molecular formula is C26H32N2O5. The molecule has 1 atom stereocenters. The summed E-state index contributed by atoms with van der Waals surface area (Å²) < 4.78 is 10.6. The summed E-state index contributed by atoms with van der Waals surface area (Å²) in [5, 5.41) is 5.58. The number of amides is 2. The third kappa shape index (κ3) is 6.57. The maximum Gasteiger partial charge on any atom is 0.329 e. The highest BCUT2D eigenvalue weighted by molar-refractivity contribution is 5.97. The molecule has 0 unspecified atom stereocenters. The average molecular weight is 453 g/mol. The third-order valence-corrected chi connectivity index (χ3v) is 5.84. The minimum absolute atomic E-state index is 0.0207. The van der Waals surface area contributed by atoms with Crippen molar-refractivity contribution in [3.63, 3.8) is 0 Å². The molecule has 0 heterocycles. The van der Waals surface area contributed by atoms with Crippen molar-refractivity contribution in [2.75, 3.05) is 19.8 Å². The van der Waals surface area contributed by atoms with Gasteiger partial charge in [-0.1, -0.05) is 44.2 Å². The van der Waals surface area contributed by atoms with Gasteiger partial charge in [-0.25, -0.2) is 4.79 Å². The van der Waals surface area contributed by atoms with E-state index in [1.54, 1.807) is 38.1 Å². The van der Waals surface area contributed by atoms with E-state index in [-0.39, 0.29) is 23.8 Å². The summed E-state index contributed by atoms with van der Waals surface area (Å²) in [4.78, 5) is 37.5. The normalized spacial score (nSPS) is 14.8. The first kappa shape index (κ1) is 24.3. The first-order valence-electron chi connectivity index (χ1n) is 11.4. The van der Waals surface area contributed by atoms with Crippen molar-refractivity contribution in [3.8, 4) is 5.75 Å². The highest BCUT2D eigenvalue weighted by atomic mass is 16.5. The van der Waals surface area contributed by atoms with Crippen LogP contribution in [0.15, 0.2) is 54.6 Å². The minimum Gasteiger partial charge on any atom is -0.494 e. The standard InChI is InChI=1S/C26H32N2O5/c1-4-32-21-12-10-19(11-13-21)24(30)28-23(18(2)3)25(31)33-16-22(29)27-17-26(14-15-26)20-8-6-5-7-9-20/h5-13,18,23H,4,14-17H2,1-3H3,(H,27,29)(H,28,30)/t23-/m0/s1. The quantitative estimate of drug-likeness (QED) is 0.511. The zero-order valence-electron chi connectivity index (χ0n) is 19.4. The van der Waals surface area contributed by atoms with Crippen molar-refractivity contribution < 1.29 is 23.9 Å². The first-order chi connectivity index (χ1) is 15.8. The fourth-order valence-corrected chi connectivity index (χ4v) is 3.65. The molecule has 0 spiro atoms. The Balaban J connectivity index is 1.48. The van der Waals surface area contributed by atoms with Crippen molar-refractivity contribution in [2.24, 2.45) is 5.92 Å². The monoisotopic (exact) mass is 452 g/mol. The van der Waals surface area contributed by atoms with Crippen LogP contribution in [0.4, 0.5) is 0 Å². The van der Waals surface area contributed by atoms with Crippen LogP contribution in [0.3, 0.4) is 0 Å². The average Bonchev–Trinajstić information content (AvgIpc) is 3.62. The van der Waals surface area contributed by atoms with E-state index >= 15 is 0 Å². The Morgan fingerprint density at radius 1 is 1.00 bits per heavy atom. The van der Waals surface area contributed by atoms with Crippen LogP contribution in [0, 0.1) is 5.92 Å². The Hall–Kier alpha value is -3.35. The van der Waals surface area contributed by atoms with Gasteiger partial charge in [-0.2, -0.15) is 0 Å². The summed E-state index contributed by atoms with van der Waals surface area (Å²) in [6, 6.07) is 15.9. The molecule has 1 aliphatic rings. The fraction of sp³-hybridized carbons (Fsp3) is 0.423. The van der Waals surface area contributed by atoms with Crippen LogP contribution in [-0.4, -0.2) is 43.6 Å². The van der Waals surface area contributed by atoms with Crippen LogP contribution < -0.4 is 15.4 Å². The number of carbonyl (C=O) groups is 3. The molecule has 33 heavy (non-hydrogen) atoms. The first-order valence-corrected chi connectivity index (χ1v) is 11.4.